The second-order valence-electron chi connectivity index (χ2n) is 17.9. The highest BCUT2D eigenvalue weighted by atomic mass is 16.3. The highest BCUT2D eigenvalue weighted by Gasteiger charge is 2.38. The fraction of sp³-hybridized carbons (Fsp3) is 0.0820. The molecule has 0 aliphatic heterocycles. The zero-order valence-corrected chi connectivity index (χ0v) is 35.2. The van der Waals surface area contributed by atoms with Gasteiger partial charge < -0.3 is 8.83 Å². The van der Waals surface area contributed by atoms with Crippen LogP contribution in [0.3, 0.4) is 0 Å². The molecule has 2 heteroatoms. The van der Waals surface area contributed by atoms with Gasteiger partial charge in [0.15, 0.2) is 0 Å². The van der Waals surface area contributed by atoms with Crippen LogP contribution in [0.15, 0.2) is 209 Å². The number of rotatable bonds is 3. The van der Waals surface area contributed by atoms with E-state index in [0.29, 0.717) is 0 Å². The van der Waals surface area contributed by atoms with Gasteiger partial charge in [0.1, 0.15) is 22.3 Å². The number of para-hydroxylation sites is 1. The fourth-order valence-corrected chi connectivity index (χ4v) is 10.9. The van der Waals surface area contributed by atoms with Gasteiger partial charge in [-0.3, -0.25) is 0 Å². The Balaban J connectivity index is 0.920. The molecule has 13 rings (SSSR count). The molecular formula is C61H42O2. The molecule has 0 saturated heterocycles. The molecule has 9 aromatic carbocycles. The van der Waals surface area contributed by atoms with Crippen molar-refractivity contribution in [3.8, 4) is 22.3 Å². The zero-order chi connectivity index (χ0) is 41.8. The number of hydrogen-bond acceptors (Lipinski definition) is 2. The monoisotopic (exact) mass is 806 g/mol. The third-order valence-corrected chi connectivity index (χ3v) is 14.1. The van der Waals surface area contributed by atoms with Crippen molar-refractivity contribution >= 4 is 87.3 Å². The molecule has 2 heterocycles. The number of hydrogen-bond donors (Lipinski definition) is 0. The lowest BCUT2D eigenvalue weighted by Crippen LogP contribution is -2.18. The standard InChI is InChI=1S/C61H42O2/c1-61(2)54-28-24-42(45-16-6-4-3-5-15-44(46-17-9-10-18-47(45)46)41-22-21-37-13-7-8-14-38(37)31-41)33-51(54)48-27-23-40(34-55(48)61)39-25-29-57-52(32-39)53-36-50-43(35-59(53)63-57)26-30-58-60(50)49-19-11-12-20-56(49)62-58/h3-23,25-27,29-36H,24,28H2,1-2H3. The van der Waals surface area contributed by atoms with Crippen molar-refractivity contribution < 1.29 is 8.83 Å². The van der Waals surface area contributed by atoms with Crippen LogP contribution < -0.4 is 0 Å². The summed E-state index contributed by atoms with van der Waals surface area (Å²) in [5, 5.41) is 11.9. The maximum Gasteiger partial charge on any atom is 0.136 e. The van der Waals surface area contributed by atoms with E-state index >= 15 is 0 Å². The van der Waals surface area contributed by atoms with Crippen LogP contribution in [0.2, 0.25) is 0 Å². The fourth-order valence-electron chi connectivity index (χ4n) is 10.9. The summed E-state index contributed by atoms with van der Waals surface area (Å²) >= 11 is 0. The molecule has 2 aliphatic rings. The summed E-state index contributed by atoms with van der Waals surface area (Å²) < 4.78 is 12.8. The summed E-state index contributed by atoms with van der Waals surface area (Å²) in [5.74, 6) is 0. The number of allylic oxidation sites excluding steroid dienone is 4. The van der Waals surface area contributed by atoms with Gasteiger partial charge in [0.2, 0.25) is 0 Å². The smallest absolute Gasteiger partial charge is 0.136 e. The van der Waals surface area contributed by atoms with Gasteiger partial charge in [0.05, 0.1) is 0 Å². The van der Waals surface area contributed by atoms with Crippen molar-refractivity contribution in [3.63, 3.8) is 0 Å². The summed E-state index contributed by atoms with van der Waals surface area (Å²) in [7, 11) is 0. The van der Waals surface area contributed by atoms with E-state index in [0.717, 1.165) is 62.1 Å². The minimum atomic E-state index is -0.0912. The van der Waals surface area contributed by atoms with Crippen LogP contribution in [0.4, 0.5) is 0 Å². The van der Waals surface area contributed by atoms with Crippen LogP contribution in [0.25, 0.3) is 110 Å². The Morgan fingerprint density at radius 3 is 1.89 bits per heavy atom. The Labute approximate surface area is 365 Å². The molecule has 63 heavy (non-hydrogen) atoms. The van der Waals surface area contributed by atoms with Gasteiger partial charge >= 0.3 is 0 Å². The first kappa shape index (κ1) is 36.0. The first-order chi connectivity index (χ1) is 31.0. The number of benzene rings is 8. The Morgan fingerprint density at radius 1 is 0.381 bits per heavy atom. The maximum atomic E-state index is 6.51. The van der Waals surface area contributed by atoms with Crippen molar-refractivity contribution in [3.05, 3.63) is 216 Å². The Bertz CT molecular complexity index is 3880. The molecule has 0 bridgehead atoms. The molecule has 0 spiro atoms. The summed E-state index contributed by atoms with van der Waals surface area (Å²) in [6, 6.07) is 68.5. The Hall–Kier alpha value is -7.68. The molecule has 298 valence electrons. The van der Waals surface area contributed by atoms with Gasteiger partial charge in [-0.2, -0.15) is 0 Å². The molecule has 0 radical (unpaired) electrons. The van der Waals surface area contributed by atoms with Crippen LogP contribution in [0.1, 0.15) is 43.4 Å². The summed E-state index contributed by atoms with van der Waals surface area (Å²) in [6.45, 7) is 4.84. The first-order valence-corrected chi connectivity index (χ1v) is 22.1. The van der Waals surface area contributed by atoms with Gasteiger partial charge in [0, 0.05) is 27.0 Å². The van der Waals surface area contributed by atoms with Gasteiger partial charge in [-0.1, -0.05) is 165 Å². The van der Waals surface area contributed by atoms with E-state index in [1.165, 1.54) is 82.6 Å². The van der Waals surface area contributed by atoms with E-state index in [-0.39, 0.29) is 5.41 Å². The lowest BCUT2D eigenvalue weighted by molar-refractivity contribution is 0.609. The first-order valence-electron chi connectivity index (χ1n) is 22.1. The molecule has 0 amide bonds. The van der Waals surface area contributed by atoms with Gasteiger partial charge in [-0.25, -0.2) is 0 Å². The van der Waals surface area contributed by atoms with E-state index in [1.54, 1.807) is 0 Å². The molecule has 11 aromatic rings. The number of furan rings is 2. The van der Waals surface area contributed by atoms with Crippen molar-refractivity contribution in [1.82, 2.24) is 0 Å². The molecule has 0 atom stereocenters. The number of fused-ring (bicyclic) bond motifs is 12. The summed E-state index contributed by atoms with van der Waals surface area (Å²) in [5.41, 5.74) is 16.7. The second-order valence-corrected chi connectivity index (χ2v) is 17.9. The van der Waals surface area contributed by atoms with Crippen molar-refractivity contribution in [2.24, 2.45) is 0 Å². The molecule has 0 saturated carbocycles. The van der Waals surface area contributed by atoms with Crippen molar-refractivity contribution in [2.75, 3.05) is 0 Å². The molecular weight excluding hydrogens is 765 g/mol. The largest absolute Gasteiger partial charge is 0.456 e. The third kappa shape index (κ3) is 5.57. The summed E-state index contributed by atoms with van der Waals surface area (Å²) in [4.78, 5) is 0. The minimum absolute atomic E-state index is 0.0912. The molecule has 2 aliphatic carbocycles. The highest BCUT2D eigenvalue weighted by molar-refractivity contribution is 6.22. The van der Waals surface area contributed by atoms with Crippen molar-refractivity contribution in [1.29, 1.82) is 0 Å². The molecule has 0 fully saturated rings. The highest BCUT2D eigenvalue weighted by Crippen LogP contribution is 2.53. The van der Waals surface area contributed by atoms with Crippen molar-refractivity contribution in [2.45, 2.75) is 32.1 Å². The summed E-state index contributed by atoms with van der Waals surface area (Å²) in [6.07, 6.45) is 4.52. The van der Waals surface area contributed by atoms with E-state index in [1.807, 2.05) is 12.1 Å². The van der Waals surface area contributed by atoms with Gasteiger partial charge in [0.25, 0.3) is 0 Å². The van der Waals surface area contributed by atoms with E-state index in [2.05, 4.69) is 196 Å². The molecule has 0 N–H and O–H groups in total. The van der Waals surface area contributed by atoms with E-state index in [4.69, 9.17) is 8.83 Å². The average Bonchev–Trinajstić information content (AvgIpc) is 3.96. The molecule has 2 nitrogen and oxygen atoms in total. The van der Waals surface area contributed by atoms with E-state index < -0.39 is 0 Å². The van der Waals surface area contributed by atoms with Gasteiger partial charge in [-0.05, 0) is 144 Å². The average molecular weight is 807 g/mol. The second kappa shape index (κ2) is 13.7. The van der Waals surface area contributed by atoms with Crippen LogP contribution in [0.5, 0.6) is 0 Å². The normalized spacial score (nSPS) is 14.5. The minimum Gasteiger partial charge on any atom is -0.456 e. The van der Waals surface area contributed by atoms with Crippen LogP contribution in [-0.4, -0.2) is 0 Å². The molecule has 2 aromatic heterocycles. The topological polar surface area (TPSA) is 26.3 Å². The Morgan fingerprint density at radius 2 is 1.02 bits per heavy atom. The van der Waals surface area contributed by atoms with Crippen LogP contribution in [-0.2, 0) is 5.41 Å². The van der Waals surface area contributed by atoms with Crippen LogP contribution >= 0.6 is 0 Å². The maximum absolute atomic E-state index is 6.51. The van der Waals surface area contributed by atoms with E-state index in [9.17, 15) is 0 Å². The SMILES string of the molecule is CC1(C)C2=C(C=C(c3ccccccc(-c4ccc5ccccc5c4)c4ccccc34)CC2)c2ccc(-c3ccc4oc5cc6ccc7oc8ccccc8c7c6cc5c4c3)cc21. The molecule has 0 unspecified atom stereocenters. The lowest BCUT2D eigenvalue weighted by atomic mass is 9.76. The van der Waals surface area contributed by atoms with Crippen LogP contribution in [0, 0.1) is 0 Å². The Kier molecular flexibility index (Phi) is 7.81. The lowest BCUT2D eigenvalue weighted by Gasteiger charge is -2.27. The predicted molar refractivity (Wildman–Crippen MR) is 266 cm³/mol. The van der Waals surface area contributed by atoms with Gasteiger partial charge in [-0.15, -0.1) is 0 Å². The zero-order valence-electron chi connectivity index (χ0n) is 35.2. The third-order valence-electron chi connectivity index (χ3n) is 14.1. The predicted octanol–water partition coefficient (Wildman–Crippen LogP) is 17.3. The quantitative estimate of drug-likeness (QED) is 0.178.